The molecule has 1 aliphatic rings. The van der Waals surface area contributed by atoms with E-state index in [2.05, 4.69) is 10.8 Å². The molecule has 0 spiro atoms. The van der Waals surface area contributed by atoms with Gasteiger partial charge in [0.05, 0.1) is 0 Å². The molecule has 0 atom stereocenters. The van der Waals surface area contributed by atoms with E-state index in [9.17, 15) is 0 Å². The molecule has 1 saturated carbocycles. The van der Waals surface area contributed by atoms with E-state index in [1.54, 1.807) is 5.56 Å². The van der Waals surface area contributed by atoms with Crippen molar-refractivity contribution in [3.05, 3.63) is 21.9 Å². The fourth-order valence-corrected chi connectivity index (χ4v) is 2.42. The van der Waals surface area contributed by atoms with E-state index in [0.717, 1.165) is 18.9 Å². The average Bonchev–Trinajstić information content (AvgIpc) is 2.75. The molecule has 1 fully saturated rings. The fourth-order valence-electron chi connectivity index (χ4n) is 1.44. The van der Waals surface area contributed by atoms with E-state index >= 15 is 0 Å². The second-order valence-electron chi connectivity index (χ2n) is 3.17. The summed E-state index contributed by atoms with van der Waals surface area (Å²) in [7, 11) is 0. The maximum atomic E-state index is 5.51. The Morgan fingerprint density at radius 1 is 1.45 bits per heavy atom. The van der Waals surface area contributed by atoms with Crippen molar-refractivity contribution in [3.63, 3.8) is 0 Å². The van der Waals surface area contributed by atoms with Crippen LogP contribution in [0.4, 0.5) is 0 Å². The molecule has 60 valence electrons. The van der Waals surface area contributed by atoms with Gasteiger partial charge in [0.1, 0.15) is 0 Å². The Hall–Kier alpha value is -0.340. The number of rotatable bonds is 3. The number of hydrogen-bond donors (Lipinski definition) is 1. The van der Waals surface area contributed by atoms with Crippen LogP contribution in [0, 0.1) is 0 Å². The van der Waals surface area contributed by atoms with E-state index in [-0.39, 0.29) is 0 Å². The van der Waals surface area contributed by atoms with Crippen molar-refractivity contribution in [2.24, 2.45) is 5.73 Å². The Morgan fingerprint density at radius 3 is 2.91 bits per heavy atom. The molecule has 0 saturated heterocycles. The first-order chi connectivity index (χ1) is 5.42. The van der Waals surface area contributed by atoms with Crippen molar-refractivity contribution in [1.82, 2.24) is 0 Å². The lowest BCUT2D eigenvalue weighted by Crippen LogP contribution is -2.03. The van der Waals surface area contributed by atoms with Crippen LogP contribution in [0.2, 0.25) is 0 Å². The van der Waals surface area contributed by atoms with Crippen LogP contribution >= 0.6 is 11.3 Å². The van der Waals surface area contributed by atoms with Gasteiger partial charge >= 0.3 is 0 Å². The molecule has 11 heavy (non-hydrogen) atoms. The lowest BCUT2D eigenvalue weighted by molar-refractivity contribution is 0.945. The molecule has 2 heteroatoms. The van der Waals surface area contributed by atoms with Crippen molar-refractivity contribution in [2.75, 3.05) is 6.54 Å². The zero-order valence-electron chi connectivity index (χ0n) is 6.55. The Balaban J connectivity index is 2.16. The highest BCUT2D eigenvalue weighted by atomic mass is 32.1. The first-order valence-electron chi connectivity index (χ1n) is 4.17. The summed E-state index contributed by atoms with van der Waals surface area (Å²) in [5, 5.41) is 4.54. The van der Waals surface area contributed by atoms with Gasteiger partial charge in [0.15, 0.2) is 0 Å². The largest absolute Gasteiger partial charge is 0.330 e. The van der Waals surface area contributed by atoms with Gasteiger partial charge in [0.25, 0.3) is 0 Å². The Bertz CT molecular complexity index is 237. The Morgan fingerprint density at radius 2 is 2.27 bits per heavy atom. The molecule has 0 amide bonds. The second kappa shape index (κ2) is 2.95. The standard InChI is InChI=1S/C9H13NS/c10-4-3-8-5-11-6-9(8)7-1-2-7/h5-7H,1-4,10H2. The third kappa shape index (κ3) is 1.47. The number of hydrogen-bond acceptors (Lipinski definition) is 2. The van der Waals surface area contributed by atoms with Crippen molar-refractivity contribution < 1.29 is 0 Å². The highest BCUT2D eigenvalue weighted by Gasteiger charge is 2.25. The molecular weight excluding hydrogens is 154 g/mol. The van der Waals surface area contributed by atoms with Crippen molar-refractivity contribution >= 4 is 11.3 Å². The van der Waals surface area contributed by atoms with E-state index < -0.39 is 0 Å². The maximum absolute atomic E-state index is 5.51. The topological polar surface area (TPSA) is 26.0 Å². The van der Waals surface area contributed by atoms with Crippen LogP contribution < -0.4 is 5.73 Å². The van der Waals surface area contributed by atoms with Gasteiger partial charge in [-0.3, -0.25) is 0 Å². The first-order valence-corrected chi connectivity index (χ1v) is 5.11. The van der Waals surface area contributed by atoms with Crippen molar-refractivity contribution in [2.45, 2.75) is 25.2 Å². The Labute approximate surface area is 71.2 Å². The summed E-state index contributed by atoms with van der Waals surface area (Å²) < 4.78 is 0. The fraction of sp³-hybridized carbons (Fsp3) is 0.556. The second-order valence-corrected chi connectivity index (χ2v) is 3.91. The first kappa shape index (κ1) is 7.32. The molecule has 1 aliphatic carbocycles. The lowest BCUT2D eigenvalue weighted by Gasteiger charge is -1.98. The normalized spacial score (nSPS) is 17.2. The molecule has 1 nitrogen and oxygen atoms in total. The maximum Gasteiger partial charge on any atom is -0.00363 e. The molecule has 1 heterocycles. The Kier molecular flexibility index (Phi) is 1.96. The summed E-state index contributed by atoms with van der Waals surface area (Å²) in [4.78, 5) is 0. The smallest absolute Gasteiger partial charge is 0.00363 e. The van der Waals surface area contributed by atoms with Crippen LogP contribution in [-0.2, 0) is 6.42 Å². The van der Waals surface area contributed by atoms with E-state index in [1.165, 1.54) is 18.4 Å². The van der Waals surface area contributed by atoms with Crippen LogP contribution in [0.15, 0.2) is 10.8 Å². The van der Waals surface area contributed by atoms with Crippen molar-refractivity contribution in [3.8, 4) is 0 Å². The zero-order valence-corrected chi connectivity index (χ0v) is 7.36. The van der Waals surface area contributed by atoms with Gasteiger partial charge in [-0.1, -0.05) is 0 Å². The minimum atomic E-state index is 0.788. The SMILES string of the molecule is NCCc1cscc1C1CC1. The summed E-state index contributed by atoms with van der Waals surface area (Å²) in [6, 6.07) is 0. The van der Waals surface area contributed by atoms with Crippen LogP contribution in [0.1, 0.15) is 29.9 Å². The zero-order chi connectivity index (χ0) is 7.68. The van der Waals surface area contributed by atoms with Gasteiger partial charge in [-0.25, -0.2) is 0 Å². The van der Waals surface area contributed by atoms with Crippen LogP contribution in [0.5, 0.6) is 0 Å². The summed E-state index contributed by atoms with van der Waals surface area (Å²) >= 11 is 1.82. The van der Waals surface area contributed by atoms with Gasteiger partial charge < -0.3 is 5.73 Å². The summed E-state index contributed by atoms with van der Waals surface area (Å²) in [5.41, 5.74) is 8.60. The minimum Gasteiger partial charge on any atom is -0.330 e. The third-order valence-corrected chi connectivity index (χ3v) is 3.02. The summed E-state index contributed by atoms with van der Waals surface area (Å²) in [6.07, 6.45) is 3.86. The van der Waals surface area contributed by atoms with Gasteiger partial charge in [-0.05, 0) is 53.6 Å². The van der Waals surface area contributed by atoms with Crippen LogP contribution in [0.3, 0.4) is 0 Å². The third-order valence-electron chi connectivity index (χ3n) is 2.21. The van der Waals surface area contributed by atoms with E-state index in [1.807, 2.05) is 11.3 Å². The number of thiophene rings is 1. The van der Waals surface area contributed by atoms with E-state index in [4.69, 9.17) is 5.73 Å². The van der Waals surface area contributed by atoms with Gasteiger partial charge in [-0.2, -0.15) is 11.3 Å². The van der Waals surface area contributed by atoms with Crippen LogP contribution in [0.25, 0.3) is 0 Å². The van der Waals surface area contributed by atoms with Gasteiger partial charge in [-0.15, -0.1) is 0 Å². The molecular formula is C9H13NS. The van der Waals surface area contributed by atoms with Gasteiger partial charge in [0, 0.05) is 0 Å². The molecule has 0 radical (unpaired) electrons. The molecule has 1 aromatic heterocycles. The molecule has 0 bridgehead atoms. The monoisotopic (exact) mass is 167 g/mol. The van der Waals surface area contributed by atoms with Crippen LogP contribution in [-0.4, -0.2) is 6.54 Å². The van der Waals surface area contributed by atoms with E-state index in [0.29, 0.717) is 0 Å². The predicted molar refractivity (Wildman–Crippen MR) is 49.1 cm³/mol. The minimum absolute atomic E-state index is 0.788. The molecule has 0 aromatic carbocycles. The lowest BCUT2D eigenvalue weighted by atomic mass is 10.1. The van der Waals surface area contributed by atoms with Gasteiger partial charge in [0.2, 0.25) is 0 Å². The average molecular weight is 167 g/mol. The van der Waals surface area contributed by atoms with Crippen molar-refractivity contribution in [1.29, 1.82) is 0 Å². The molecule has 2 rings (SSSR count). The highest BCUT2D eigenvalue weighted by Crippen LogP contribution is 2.42. The molecule has 2 N–H and O–H groups in total. The summed E-state index contributed by atoms with van der Waals surface area (Å²) in [5.74, 6) is 0.891. The molecule has 0 unspecified atom stereocenters. The number of nitrogens with two attached hydrogens (primary N) is 1. The predicted octanol–water partition coefficient (Wildman–Crippen LogP) is 2.13. The quantitative estimate of drug-likeness (QED) is 0.733. The molecule has 1 aromatic rings. The highest BCUT2D eigenvalue weighted by molar-refractivity contribution is 7.08. The molecule has 0 aliphatic heterocycles. The summed E-state index contributed by atoms with van der Waals surface area (Å²) in [6.45, 7) is 0.788.